The number of carbonyl (C=O) groups is 6. The second-order valence-corrected chi connectivity index (χ2v) is 23.4. The number of benzene rings is 4. The average Bonchev–Trinajstić information content (AvgIpc) is 4.16. The Bertz CT molecular complexity index is 3020. The molecule has 0 radical (unpaired) electrons. The average molecular weight is 1080 g/mol. The minimum absolute atomic E-state index is 0.0255. The maximum absolute atomic E-state index is 16.7. The molecule has 5 aromatic rings. The summed E-state index contributed by atoms with van der Waals surface area (Å²) in [5, 5.41) is 10.9. The molecule has 4 heterocycles. The van der Waals surface area contributed by atoms with Gasteiger partial charge in [-0.15, -0.1) is 0 Å². The van der Waals surface area contributed by atoms with Crippen molar-refractivity contribution in [2.24, 2.45) is 0 Å². The predicted octanol–water partition coefficient (Wildman–Crippen LogP) is 9.34. The van der Waals surface area contributed by atoms with Gasteiger partial charge < -0.3 is 33.9 Å². The molecule has 75 heavy (non-hydrogen) atoms. The van der Waals surface area contributed by atoms with Gasteiger partial charge in [0.05, 0.1) is 37.7 Å². The second-order valence-electron chi connectivity index (χ2n) is 19.1. The number of amides is 4. The highest BCUT2D eigenvalue weighted by atomic mass is 32.2. The molecule has 16 nitrogen and oxygen atoms in total. The summed E-state index contributed by atoms with van der Waals surface area (Å²) in [5.41, 5.74) is -2.37. The van der Waals surface area contributed by atoms with Gasteiger partial charge in [0.2, 0.25) is 17.9 Å². The van der Waals surface area contributed by atoms with E-state index in [9.17, 15) is 28.5 Å². The molecule has 3 fully saturated rings. The number of nitrogens with one attached hydrogen (secondary N) is 2. The van der Waals surface area contributed by atoms with E-state index in [2.05, 4.69) is 20.4 Å². The molecule has 3 saturated heterocycles. The first-order valence-electron chi connectivity index (χ1n) is 25.3. The highest BCUT2D eigenvalue weighted by Gasteiger charge is 2.55. The molecule has 0 spiro atoms. The van der Waals surface area contributed by atoms with E-state index in [1.807, 2.05) is 69.3 Å². The van der Waals surface area contributed by atoms with Gasteiger partial charge >= 0.3 is 13.3 Å². The van der Waals surface area contributed by atoms with Gasteiger partial charge in [-0.25, -0.2) is 6.57 Å². The van der Waals surface area contributed by atoms with E-state index in [0.29, 0.717) is 54.9 Å². The number of halogens is 2. The van der Waals surface area contributed by atoms with Crippen molar-refractivity contribution in [1.29, 1.82) is 0 Å². The molecule has 0 aliphatic carbocycles. The zero-order chi connectivity index (χ0) is 53.4. The summed E-state index contributed by atoms with van der Waals surface area (Å²) < 4.78 is 58.3. The van der Waals surface area contributed by atoms with Crippen LogP contribution in [0.15, 0.2) is 84.9 Å². The first-order valence-corrected chi connectivity index (χ1v) is 28.8. The van der Waals surface area contributed by atoms with Gasteiger partial charge in [-0.05, 0) is 85.7 Å². The van der Waals surface area contributed by atoms with Crippen molar-refractivity contribution in [3.8, 4) is 0 Å². The van der Waals surface area contributed by atoms with E-state index in [1.54, 1.807) is 9.80 Å². The highest BCUT2D eigenvalue weighted by Crippen LogP contribution is 2.67. The number of H-pyrrole nitrogens is 1. The fourth-order valence-electron chi connectivity index (χ4n) is 10.0. The number of likely N-dealkylation sites (tertiary alicyclic amines) is 1. The van der Waals surface area contributed by atoms with Gasteiger partial charge in [0.1, 0.15) is 12.1 Å². The number of nitrogens with zero attached hydrogens (tertiary/aromatic N) is 5. The van der Waals surface area contributed by atoms with Crippen LogP contribution in [-0.2, 0) is 38.5 Å². The van der Waals surface area contributed by atoms with Crippen LogP contribution in [0.2, 0.25) is 0 Å². The lowest BCUT2D eigenvalue weighted by Crippen LogP contribution is -2.61. The third-order valence-electron chi connectivity index (χ3n) is 13.9. The summed E-state index contributed by atoms with van der Waals surface area (Å²) in [6, 6.07) is 19.8. The van der Waals surface area contributed by atoms with E-state index >= 15 is 13.6 Å². The van der Waals surface area contributed by atoms with Gasteiger partial charge in [-0.3, -0.25) is 38.4 Å². The van der Waals surface area contributed by atoms with Crippen LogP contribution in [0.1, 0.15) is 102 Å². The third-order valence-corrected chi connectivity index (χ3v) is 17.7. The van der Waals surface area contributed by atoms with Crippen molar-refractivity contribution in [3.05, 3.63) is 124 Å². The molecule has 0 bridgehead atoms. The number of thioether (sulfide) groups is 2. The van der Waals surface area contributed by atoms with Gasteiger partial charge in [0.15, 0.2) is 15.9 Å². The van der Waals surface area contributed by atoms with Crippen LogP contribution in [0.3, 0.4) is 0 Å². The smallest absolute Gasteiger partial charge is 0.339 e. The van der Waals surface area contributed by atoms with E-state index in [1.165, 1.54) is 29.2 Å². The second kappa shape index (κ2) is 24.4. The zero-order valence-corrected chi connectivity index (χ0v) is 44.5. The number of hydrogen-bond donors (Lipinski definition) is 2. The molecule has 4 aromatic carbocycles. The molecule has 3 aliphatic rings. The zero-order valence-electron chi connectivity index (χ0n) is 42.0. The molecule has 1 aromatic heterocycles. The molecular formula is C54H60F2N7O9PS2. The van der Waals surface area contributed by atoms with Crippen molar-refractivity contribution >= 4 is 86.7 Å². The van der Waals surface area contributed by atoms with Crippen molar-refractivity contribution in [2.45, 2.75) is 101 Å². The van der Waals surface area contributed by atoms with Crippen LogP contribution in [0.25, 0.3) is 26.5 Å². The lowest BCUT2D eigenvalue weighted by atomic mass is 9.95. The van der Waals surface area contributed by atoms with E-state index in [-0.39, 0.29) is 82.7 Å². The fraction of sp³-hybridized carbons (Fsp3) is 0.444. The lowest BCUT2D eigenvalue weighted by molar-refractivity contribution is -0.147. The standard InChI is InChI=1S/C54H60F2N7O9PS2/c1-5-10-47(64)74-26-24-71-73(70,72-25-27-75-48(65)11-6-2)54(55,56)39-18-17-35-15-16-37(29-38(35)30-39)50(66)58-45-33-61(53(69)49-41-28-34(3)14-20-43(41)59-60-49)23-22-40-19-21-46(63(40)51(45)67)52(68)62-31-42(44(32-62)57-4)36-12-8-7-9-13-36/h7-9,12-18,20,28-30,40,42,44-46H,5-6,10-11,19,21-27,31-33H2,1-3H3,(H,58,66)(H,59,60)/t40-,42?,44+,45+,46+/m1/s1. The minimum atomic E-state index is -5.32. The topological polar surface area (TPSA) is 193 Å². The summed E-state index contributed by atoms with van der Waals surface area (Å²) in [6.07, 6.45) is 2.86. The van der Waals surface area contributed by atoms with E-state index < -0.39 is 73.9 Å². The summed E-state index contributed by atoms with van der Waals surface area (Å²) in [6.45, 7) is 12.9. The summed E-state index contributed by atoms with van der Waals surface area (Å²) in [5.74, 6) is -2.43. The minimum Gasteiger partial charge on any atom is -0.339 e. The van der Waals surface area contributed by atoms with Gasteiger partial charge in [-0.2, -0.15) is 13.9 Å². The monoisotopic (exact) mass is 1080 g/mol. The number of carbonyl (C=O) groups excluding carboxylic acids is 6. The first-order chi connectivity index (χ1) is 36.0. The van der Waals surface area contributed by atoms with Crippen molar-refractivity contribution < 1.29 is 51.2 Å². The molecule has 396 valence electrons. The van der Waals surface area contributed by atoms with Crippen LogP contribution in [0.4, 0.5) is 8.78 Å². The van der Waals surface area contributed by atoms with Crippen LogP contribution in [0.5, 0.6) is 0 Å². The lowest BCUT2D eigenvalue weighted by Gasteiger charge is -2.39. The Morgan fingerprint density at radius 2 is 1.55 bits per heavy atom. The van der Waals surface area contributed by atoms with Gasteiger partial charge in [0.25, 0.3) is 11.8 Å². The number of rotatable bonds is 19. The Morgan fingerprint density at radius 1 is 0.853 bits per heavy atom. The number of aromatic amines is 1. The Kier molecular flexibility index (Phi) is 17.9. The molecular weight excluding hydrogens is 1020 g/mol. The van der Waals surface area contributed by atoms with Crippen molar-refractivity contribution in [3.63, 3.8) is 0 Å². The molecule has 1 unspecified atom stereocenters. The molecule has 2 N–H and O–H groups in total. The molecule has 21 heteroatoms. The van der Waals surface area contributed by atoms with Gasteiger partial charge in [0, 0.05) is 60.0 Å². The molecule has 5 atom stereocenters. The molecule has 8 rings (SSSR count). The number of hydrogen-bond acceptors (Lipinski definition) is 12. The van der Waals surface area contributed by atoms with Gasteiger partial charge in [-0.1, -0.05) is 97.5 Å². The molecule has 3 aliphatic heterocycles. The Labute approximate surface area is 442 Å². The maximum Gasteiger partial charge on any atom is 0.404 e. The quantitative estimate of drug-likeness (QED) is 0.0453. The van der Waals surface area contributed by atoms with Crippen molar-refractivity contribution in [1.82, 2.24) is 30.2 Å². The van der Waals surface area contributed by atoms with Crippen molar-refractivity contribution in [2.75, 3.05) is 50.9 Å². The highest BCUT2D eigenvalue weighted by molar-refractivity contribution is 8.13. The number of aryl methyl sites for hydroxylation is 1. The summed E-state index contributed by atoms with van der Waals surface area (Å²) in [7, 11) is -5.32. The normalized spacial score (nSPS) is 20.2. The van der Waals surface area contributed by atoms with Crippen LogP contribution >= 0.6 is 31.1 Å². The maximum atomic E-state index is 16.7. The summed E-state index contributed by atoms with van der Waals surface area (Å²) >= 11 is 1.75. The SMILES string of the molecule is [C-]#[N+][C@H]1CN(C(=O)[C@@H]2CC[C@@H]3CCN(C(=O)c4n[nH]c5ccc(C)cc45)C[C@H](NC(=O)c4ccc5ccc(C(F)(F)P(=O)(OCCSC(=O)CCC)OCCSC(=O)CCC)cc5c4)C(=O)N32)CC1c1ccccc1. The van der Waals surface area contributed by atoms with Crippen LogP contribution < -0.4 is 5.32 Å². The van der Waals surface area contributed by atoms with Crippen LogP contribution in [-0.4, -0.2) is 134 Å². The Balaban J connectivity index is 1.06. The number of aromatic nitrogens is 2. The molecule has 4 amide bonds. The van der Waals surface area contributed by atoms with E-state index in [0.717, 1.165) is 46.8 Å². The van der Waals surface area contributed by atoms with Crippen LogP contribution in [0, 0.1) is 13.5 Å². The number of alkyl halides is 2. The molecule has 0 saturated carbocycles. The fourth-order valence-corrected chi connectivity index (χ4v) is 13.3. The Hall–Kier alpha value is -5.97. The van der Waals surface area contributed by atoms with E-state index in [4.69, 9.17) is 15.6 Å². The third kappa shape index (κ3) is 12.3. The predicted molar refractivity (Wildman–Crippen MR) is 285 cm³/mol. The first kappa shape index (κ1) is 55.3. The largest absolute Gasteiger partial charge is 0.404 e. The Morgan fingerprint density at radius 3 is 2.23 bits per heavy atom. The number of fused-ring (bicyclic) bond motifs is 3. The summed E-state index contributed by atoms with van der Waals surface area (Å²) in [4.78, 5) is 91.5.